The normalized spacial score (nSPS) is 29.6. The van der Waals surface area contributed by atoms with Crippen molar-refractivity contribution in [3.05, 3.63) is 70.8 Å². The number of aliphatic hydroxyl groups excluding tert-OH is 1. The molecule has 2 aromatic carbocycles. The number of carbonyl (C=O) groups excluding carboxylic acids is 2. The Hall–Kier alpha value is -2.98. The van der Waals surface area contributed by atoms with Gasteiger partial charge in [0, 0.05) is 37.2 Å². The third-order valence-electron chi connectivity index (χ3n) is 9.46. The topological polar surface area (TPSA) is 109 Å². The summed E-state index contributed by atoms with van der Waals surface area (Å²) in [5.74, 6) is -0.343. The zero-order valence-corrected chi connectivity index (χ0v) is 26.8. The molecule has 2 aliphatic heterocycles. The van der Waals surface area contributed by atoms with Gasteiger partial charge in [-0.15, -0.1) is 0 Å². The first kappa shape index (κ1) is 32.4. The summed E-state index contributed by atoms with van der Waals surface area (Å²) in [6.07, 6.45) is 3.00. The number of nitrogens with zero attached hydrogens (tertiary/aromatic N) is 1. The second kappa shape index (κ2) is 13.6. The number of urea groups is 1. The summed E-state index contributed by atoms with van der Waals surface area (Å²) in [5.41, 5.74) is 4.49. The number of aliphatic hydroxyl groups is 1. The molecule has 5 rings (SSSR count). The van der Waals surface area contributed by atoms with Crippen molar-refractivity contribution in [3.63, 3.8) is 0 Å². The van der Waals surface area contributed by atoms with Gasteiger partial charge in [-0.05, 0) is 53.7 Å². The van der Waals surface area contributed by atoms with E-state index in [2.05, 4.69) is 55.4 Å². The molecule has 3 fully saturated rings. The average molecular weight is 608 g/mol. The first-order valence-corrected chi connectivity index (χ1v) is 16.0. The number of hydrogen-bond acceptors (Lipinski definition) is 7. The van der Waals surface area contributed by atoms with Gasteiger partial charge < -0.3 is 30.0 Å². The van der Waals surface area contributed by atoms with E-state index in [0.29, 0.717) is 23.4 Å². The Kier molecular flexibility index (Phi) is 9.99. The number of likely N-dealkylation sites (tertiary alicyclic amines) is 1. The smallest absolute Gasteiger partial charge is 0.325 e. The molecule has 2 amide bonds. The van der Waals surface area contributed by atoms with E-state index in [9.17, 15) is 14.7 Å². The number of ether oxygens (including phenoxy) is 3. The predicted octanol–water partition coefficient (Wildman–Crippen LogP) is 5.23. The number of carbonyl (C=O) groups is 2. The molecule has 240 valence electrons. The quantitative estimate of drug-likeness (QED) is 0.317. The van der Waals surface area contributed by atoms with Gasteiger partial charge in [-0.2, -0.15) is 0 Å². The number of amides is 2. The molecule has 2 saturated heterocycles. The summed E-state index contributed by atoms with van der Waals surface area (Å²) in [7, 11) is 0. The fraction of sp³-hybridized carbons (Fsp3) is 0.600. The van der Waals surface area contributed by atoms with Crippen LogP contribution in [0.1, 0.15) is 88.5 Å². The molecule has 9 nitrogen and oxygen atoms in total. The molecule has 1 aliphatic carbocycles. The lowest BCUT2D eigenvalue weighted by molar-refractivity contribution is -0.276. The SMILES string of the molecule is CCOC(=O)CNC(=O)NCc1ccc([C@H]2O[C@@H](CN3CC4(C)CC3CC(C)(C)C4)[C@@H](C)[C@@H](c3ccc(CO)cc3)O2)cc1. The summed E-state index contributed by atoms with van der Waals surface area (Å²) in [4.78, 5) is 26.2. The summed E-state index contributed by atoms with van der Waals surface area (Å²) >= 11 is 0. The van der Waals surface area contributed by atoms with Gasteiger partial charge in [-0.1, -0.05) is 76.2 Å². The maximum Gasteiger partial charge on any atom is 0.325 e. The zero-order valence-electron chi connectivity index (χ0n) is 26.8. The first-order chi connectivity index (χ1) is 21.0. The number of esters is 1. The van der Waals surface area contributed by atoms with Crippen molar-refractivity contribution in [3.8, 4) is 0 Å². The molecule has 2 bridgehead atoms. The zero-order chi connectivity index (χ0) is 31.5. The van der Waals surface area contributed by atoms with Crippen molar-refractivity contribution >= 4 is 12.0 Å². The Morgan fingerprint density at radius 1 is 0.977 bits per heavy atom. The highest BCUT2D eigenvalue weighted by Gasteiger charge is 2.51. The van der Waals surface area contributed by atoms with Gasteiger partial charge in [0.05, 0.1) is 25.4 Å². The molecular weight excluding hydrogens is 558 g/mol. The molecule has 0 aromatic heterocycles. The van der Waals surface area contributed by atoms with E-state index >= 15 is 0 Å². The van der Waals surface area contributed by atoms with Crippen molar-refractivity contribution in [1.82, 2.24) is 15.5 Å². The van der Waals surface area contributed by atoms with E-state index in [0.717, 1.165) is 35.3 Å². The fourth-order valence-corrected chi connectivity index (χ4v) is 7.75. The van der Waals surface area contributed by atoms with Crippen molar-refractivity contribution in [1.29, 1.82) is 0 Å². The van der Waals surface area contributed by atoms with E-state index in [1.165, 1.54) is 19.3 Å². The molecule has 3 aliphatic rings. The van der Waals surface area contributed by atoms with Crippen LogP contribution in [0, 0.1) is 16.7 Å². The van der Waals surface area contributed by atoms with Crippen LogP contribution in [-0.4, -0.2) is 60.4 Å². The molecule has 3 N–H and O–H groups in total. The van der Waals surface area contributed by atoms with E-state index in [1.807, 2.05) is 36.4 Å². The molecule has 9 heteroatoms. The minimum absolute atomic E-state index is 0.00937. The van der Waals surface area contributed by atoms with Crippen LogP contribution < -0.4 is 10.6 Å². The predicted molar refractivity (Wildman–Crippen MR) is 167 cm³/mol. The third-order valence-corrected chi connectivity index (χ3v) is 9.46. The van der Waals surface area contributed by atoms with Crippen molar-refractivity contribution in [2.45, 2.75) is 91.6 Å². The van der Waals surface area contributed by atoms with Gasteiger partial charge in [0.1, 0.15) is 6.54 Å². The summed E-state index contributed by atoms with van der Waals surface area (Å²) < 4.78 is 18.3. The number of benzene rings is 2. The lowest BCUT2D eigenvalue weighted by Crippen LogP contribution is -2.46. The van der Waals surface area contributed by atoms with Gasteiger partial charge in [-0.25, -0.2) is 4.79 Å². The van der Waals surface area contributed by atoms with Crippen molar-refractivity contribution in [2.24, 2.45) is 16.7 Å². The van der Waals surface area contributed by atoms with Crippen molar-refractivity contribution in [2.75, 3.05) is 26.2 Å². The van der Waals surface area contributed by atoms with Crippen LogP contribution in [0.2, 0.25) is 0 Å². The van der Waals surface area contributed by atoms with E-state index in [-0.39, 0.29) is 37.9 Å². The van der Waals surface area contributed by atoms with Crippen LogP contribution in [0.5, 0.6) is 0 Å². The largest absolute Gasteiger partial charge is 0.465 e. The Labute approximate surface area is 261 Å². The second-order valence-electron chi connectivity index (χ2n) is 14.0. The second-order valence-corrected chi connectivity index (χ2v) is 14.0. The Balaban J connectivity index is 1.28. The van der Waals surface area contributed by atoms with Gasteiger partial charge in [0.15, 0.2) is 6.29 Å². The molecule has 2 aromatic rings. The highest BCUT2D eigenvalue weighted by molar-refractivity contribution is 5.80. The molecular formula is C35H49N3O6. The lowest BCUT2D eigenvalue weighted by atomic mass is 9.65. The highest BCUT2D eigenvalue weighted by Crippen LogP contribution is 2.53. The lowest BCUT2D eigenvalue weighted by Gasteiger charge is -2.43. The average Bonchev–Trinajstić information content (AvgIpc) is 3.23. The van der Waals surface area contributed by atoms with E-state index < -0.39 is 18.3 Å². The van der Waals surface area contributed by atoms with Crippen molar-refractivity contribution < 1.29 is 28.9 Å². The molecule has 44 heavy (non-hydrogen) atoms. The number of hydrogen-bond donors (Lipinski definition) is 3. The number of rotatable bonds is 10. The summed E-state index contributed by atoms with van der Waals surface area (Å²) in [6, 6.07) is 16.1. The Morgan fingerprint density at radius 2 is 1.66 bits per heavy atom. The van der Waals surface area contributed by atoms with Gasteiger partial charge in [0.25, 0.3) is 0 Å². The van der Waals surface area contributed by atoms with Crippen LogP contribution in [0.3, 0.4) is 0 Å². The van der Waals surface area contributed by atoms with E-state index in [1.54, 1.807) is 6.92 Å². The summed E-state index contributed by atoms with van der Waals surface area (Å²) in [6.45, 7) is 13.6. The van der Waals surface area contributed by atoms with Crippen LogP contribution in [-0.2, 0) is 32.2 Å². The standard InChI is InChI=1S/C35H49N3O6/c1-6-42-30(40)18-37-33(41)36-17-24-7-13-27(14-8-24)32-43-29(19-38-22-35(5)16-28(38)15-34(3,4)21-35)23(2)31(44-32)26-11-9-25(20-39)10-12-26/h7-14,23,28-29,31-32,39H,6,15-22H2,1-5H3,(H2,36,37,41)/t23-,28?,29+,31+,32+,35?/m1/s1. The third kappa shape index (κ3) is 7.80. The van der Waals surface area contributed by atoms with Crippen LogP contribution >= 0.6 is 0 Å². The first-order valence-electron chi connectivity index (χ1n) is 16.0. The number of fused-ring (bicyclic) bond motifs is 2. The molecule has 6 atom stereocenters. The summed E-state index contributed by atoms with van der Waals surface area (Å²) in [5, 5.41) is 14.8. The molecule has 1 saturated carbocycles. The Morgan fingerprint density at radius 3 is 2.34 bits per heavy atom. The monoisotopic (exact) mass is 607 g/mol. The fourth-order valence-electron chi connectivity index (χ4n) is 7.75. The molecule has 0 radical (unpaired) electrons. The Bertz CT molecular complexity index is 1280. The van der Waals surface area contributed by atoms with E-state index in [4.69, 9.17) is 14.2 Å². The van der Waals surface area contributed by atoms with Crippen LogP contribution in [0.4, 0.5) is 4.79 Å². The highest BCUT2D eigenvalue weighted by atomic mass is 16.7. The van der Waals surface area contributed by atoms with Gasteiger partial charge in [0.2, 0.25) is 0 Å². The molecule has 2 heterocycles. The van der Waals surface area contributed by atoms with Crippen LogP contribution in [0.15, 0.2) is 48.5 Å². The van der Waals surface area contributed by atoms with Gasteiger partial charge >= 0.3 is 12.0 Å². The number of nitrogens with one attached hydrogen (secondary N) is 2. The maximum atomic E-state index is 12.1. The minimum Gasteiger partial charge on any atom is -0.465 e. The molecule has 2 unspecified atom stereocenters. The van der Waals surface area contributed by atoms with Crippen LogP contribution in [0.25, 0.3) is 0 Å². The van der Waals surface area contributed by atoms with Gasteiger partial charge in [-0.3, -0.25) is 9.69 Å². The molecule has 0 spiro atoms. The minimum atomic E-state index is -0.539. The maximum absolute atomic E-state index is 12.1.